The lowest BCUT2D eigenvalue weighted by Gasteiger charge is -2.44. The summed E-state index contributed by atoms with van der Waals surface area (Å²) >= 11 is 0. The van der Waals surface area contributed by atoms with Gasteiger partial charge in [0.2, 0.25) is 0 Å². The molecule has 178 valence electrons. The fraction of sp³-hybridized carbons (Fsp3) is 0.560. The van der Waals surface area contributed by atoms with Crippen LogP contribution in [0.15, 0.2) is 24.3 Å². The van der Waals surface area contributed by atoms with Gasteiger partial charge in [0.25, 0.3) is 0 Å². The largest absolute Gasteiger partial charge is 0.468 e. The van der Waals surface area contributed by atoms with Crippen molar-refractivity contribution < 1.29 is 28.6 Å². The number of nitrogens with zero attached hydrogens (tertiary/aromatic N) is 2. The molecule has 33 heavy (non-hydrogen) atoms. The minimum atomic E-state index is -0.980. The number of benzene rings is 1. The van der Waals surface area contributed by atoms with E-state index >= 15 is 0 Å². The summed E-state index contributed by atoms with van der Waals surface area (Å²) < 4.78 is 17.3. The van der Waals surface area contributed by atoms with Crippen LogP contribution >= 0.6 is 0 Å². The topological polar surface area (TPSA) is 87.1 Å². The first-order chi connectivity index (χ1) is 15.7. The van der Waals surface area contributed by atoms with Gasteiger partial charge in [-0.1, -0.05) is 18.2 Å². The molecular weight excluding hydrogens is 424 g/mol. The highest BCUT2D eigenvalue weighted by Crippen LogP contribution is 2.45. The Balaban J connectivity index is 1.80. The zero-order chi connectivity index (χ0) is 23.9. The van der Waals surface area contributed by atoms with Crippen LogP contribution < -0.4 is 0 Å². The molecule has 1 aromatic heterocycles. The molecule has 0 radical (unpaired) electrons. The molecule has 3 heterocycles. The predicted octanol–water partition coefficient (Wildman–Crippen LogP) is 3.70. The summed E-state index contributed by atoms with van der Waals surface area (Å²) in [5.74, 6) is -2.39. The van der Waals surface area contributed by atoms with E-state index in [4.69, 9.17) is 14.2 Å². The van der Waals surface area contributed by atoms with Gasteiger partial charge >= 0.3 is 18.0 Å². The molecule has 2 aliphatic rings. The summed E-state index contributed by atoms with van der Waals surface area (Å²) in [4.78, 5) is 40.7. The van der Waals surface area contributed by atoms with E-state index in [1.54, 1.807) is 4.57 Å². The van der Waals surface area contributed by atoms with Crippen molar-refractivity contribution in [3.8, 4) is 0 Å². The van der Waals surface area contributed by atoms with Crippen LogP contribution in [0.3, 0.4) is 0 Å². The Morgan fingerprint density at radius 1 is 1.03 bits per heavy atom. The predicted molar refractivity (Wildman–Crippen MR) is 122 cm³/mol. The van der Waals surface area contributed by atoms with Gasteiger partial charge < -0.3 is 14.2 Å². The highest BCUT2D eigenvalue weighted by molar-refractivity contribution is 5.96. The normalized spacial score (nSPS) is 20.8. The number of hydrogen-bond acceptors (Lipinski definition) is 7. The molecule has 8 nitrogen and oxygen atoms in total. The lowest BCUT2D eigenvalue weighted by atomic mass is 9.78. The third-order valence-electron chi connectivity index (χ3n) is 6.70. The van der Waals surface area contributed by atoms with Crippen LogP contribution in [0.25, 0.3) is 10.9 Å². The summed E-state index contributed by atoms with van der Waals surface area (Å²) in [5.41, 5.74) is 2.21. The fourth-order valence-corrected chi connectivity index (χ4v) is 5.33. The Bertz CT molecular complexity index is 1070. The number of ether oxygens (including phenoxy) is 3. The van der Waals surface area contributed by atoms with Crippen LogP contribution in [0.1, 0.15) is 50.9 Å². The summed E-state index contributed by atoms with van der Waals surface area (Å²) in [5, 5.41) is 1.04. The van der Waals surface area contributed by atoms with Gasteiger partial charge in [-0.25, -0.2) is 9.36 Å². The van der Waals surface area contributed by atoms with Gasteiger partial charge in [0.1, 0.15) is 5.60 Å². The molecule has 1 saturated heterocycles. The van der Waals surface area contributed by atoms with Crippen LogP contribution in [0, 0.1) is 11.8 Å². The van der Waals surface area contributed by atoms with Gasteiger partial charge in [0, 0.05) is 11.9 Å². The molecule has 0 N–H and O–H groups in total. The first kappa shape index (κ1) is 23.3. The fourth-order valence-electron chi connectivity index (χ4n) is 5.33. The van der Waals surface area contributed by atoms with Gasteiger partial charge in [-0.05, 0) is 64.1 Å². The van der Waals surface area contributed by atoms with Crippen LogP contribution in [0.5, 0.6) is 0 Å². The van der Waals surface area contributed by atoms with Crippen molar-refractivity contribution in [3.05, 3.63) is 35.5 Å². The molecule has 1 fully saturated rings. The van der Waals surface area contributed by atoms with Crippen LogP contribution in [0.4, 0.5) is 4.79 Å². The molecule has 0 unspecified atom stereocenters. The van der Waals surface area contributed by atoms with Crippen molar-refractivity contribution in [2.45, 2.75) is 51.7 Å². The average Bonchev–Trinajstić information content (AvgIpc) is 3.13. The van der Waals surface area contributed by atoms with E-state index in [1.807, 2.05) is 45.0 Å². The Labute approximate surface area is 193 Å². The second-order valence-electron chi connectivity index (χ2n) is 9.81. The number of methoxy groups -OCH3 is 2. The zero-order valence-corrected chi connectivity index (χ0v) is 19.9. The number of carbonyl (C=O) groups excluding carboxylic acids is 3. The van der Waals surface area contributed by atoms with Crippen molar-refractivity contribution in [1.29, 1.82) is 0 Å². The number of piperidine rings is 1. The molecular formula is C25H32N2O6. The molecule has 8 heteroatoms. The maximum Gasteiger partial charge on any atom is 0.419 e. The second-order valence-corrected chi connectivity index (χ2v) is 9.81. The van der Waals surface area contributed by atoms with E-state index in [9.17, 15) is 14.4 Å². The van der Waals surface area contributed by atoms with Gasteiger partial charge in [-0.3, -0.25) is 14.5 Å². The maximum absolute atomic E-state index is 13.4. The Kier molecular flexibility index (Phi) is 6.22. The molecule has 0 saturated carbocycles. The third-order valence-corrected chi connectivity index (χ3v) is 6.70. The Morgan fingerprint density at radius 2 is 1.70 bits per heavy atom. The molecule has 1 aromatic carbocycles. The zero-order valence-electron chi connectivity index (χ0n) is 19.9. The summed E-state index contributed by atoms with van der Waals surface area (Å²) in [7, 11) is 2.57. The van der Waals surface area contributed by atoms with Crippen molar-refractivity contribution in [3.63, 3.8) is 0 Å². The minimum absolute atomic E-state index is 0.121. The SMILES string of the molecule is COC(=O)C(C(=O)OC)[C@H]1CCN2CCc3c(n(C(=O)OC(C)(C)C)c4ccccc34)[C@@H]2C1. The van der Waals surface area contributed by atoms with E-state index in [0.29, 0.717) is 12.8 Å². The highest BCUT2D eigenvalue weighted by atomic mass is 16.6. The number of aromatic nitrogens is 1. The van der Waals surface area contributed by atoms with Gasteiger partial charge in [-0.2, -0.15) is 0 Å². The van der Waals surface area contributed by atoms with Crippen LogP contribution in [0.2, 0.25) is 0 Å². The van der Waals surface area contributed by atoms with E-state index < -0.39 is 29.6 Å². The smallest absolute Gasteiger partial charge is 0.419 e. The lowest BCUT2D eigenvalue weighted by Crippen LogP contribution is -2.46. The van der Waals surface area contributed by atoms with E-state index in [0.717, 1.165) is 41.7 Å². The number of fused-ring (bicyclic) bond motifs is 5. The van der Waals surface area contributed by atoms with Crippen molar-refractivity contribution in [1.82, 2.24) is 9.47 Å². The van der Waals surface area contributed by atoms with Gasteiger partial charge in [-0.15, -0.1) is 0 Å². The lowest BCUT2D eigenvalue weighted by molar-refractivity contribution is -0.163. The highest BCUT2D eigenvalue weighted by Gasteiger charge is 2.45. The molecule has 0 spiro atoms. The second kappa shape index (κ2) is 8.82. The molecule has 0 bridgehead atoms. The van der Waals surface area contributed by atoms with E-state index in [1.165, 1.54) is 14.2 Å². The van der Waals surface area contributed by atoms with Crippen molar-refractivity contribution in [2.24, 2.45) is 11.8 Å². The molecule has 2 aromatic rings. The first-order valence-corrected chi connectivity index (χ1v) is 11.4. The number of carbonyl (C=O) groups is 3. The number of hydrogen-bond donors (Lipinski definition) is 0. The molecule has 2 atom stereocenters. The first-order valence-electron chi connectivity index (χ1n) is 11.4. The Morgan fingerprint density at radius 3 is 2.33 bits per heavy atom. The summed E-state index contributed by atoms with van der Waals surface area (Å²) in [6, 6.07) is 7.75. The molecule has 2 aliphatic heterocycles. The van der Waals surface area contributed by atoms with Crippen LogP contribution in [-0.2, 0) is 30.2 Å². The minimum Gasteiger partial charge on any atom is -0.468 e. The number of para-hydroxylation sites is 1. The van der Waals surface area contributed by atoms with E-state index in [2.05, 4.69) is 4.90 Å². The molecule has 4 rings (SSSR count). The van der Waals surface area contributed by atoms with Gasteiger partial charge in [0.15, 0.2) is 5.92 Å². The third kappa shape index (κ3) is 4.24. The molecule has 0 amide bonds. The summed E-state index contributed by atoms with van der Waals surface area (Å²) in [6.45, 7) is 7.12. The van der Waals surface area contributed by atoms with Crippen molar-refractivity contribution in [2.75, 3.05) is 27.3 Å². The number of rotatable bonds is 3. The monoisotopic (exact) mass is 456 g/mol. The standard InChI is InChI=1S/C25H32N2O6/c1-25(2,3)33-24(30)27-18-9-7-6-8-16(18)17-11-13-26-12-10-15(14-19(26)21(17)27)20(22(28)31-4)23(29)32-5/h6-9,15,19-20H,10-14H2,1-5H3/t15-,19-/m0/s1. The summed E-state index contributed by atoms with van der Waals surface area (Å²) in [6.07, 6.45) is 1.62. The maximum atomic E-state index is 13.4. The van der Waals surface area contributed by atoms with E-state index in [-0.39, 0.29) is 12.0 Å². The van der Waals surface area contributed by atoms with Crippen LogP contribution in [-0.4, -0.2) is 60.4 Å². The quantitative estimate of drug-likeness (QED) is 0.395. The van der Waals surface area contributed by atoms with Gasteiger partial charge in [0.05, 0.1) is 31.5 Å². The number of esters is 2. The average molecular weight is 457 g/mol. The Hall–Kier alpha value is -2.87. The van der Waals surface area contributed by atoms with Crippen molar-refractivity contribution >= 4 is 28.9 Å². The molecule has 0 aliphatic carbocycles.